The number of halogens is 1. The van der Waals surface area contributed by atoms with Crippen LogP contribution in [0.5, 0.6) is 5.75 Å². The summed E-state index contributed by atoms with van der Waals surface area (Å²) in [7, 11) is 1.65. The van der Waals surface area contributed by atoms with Crippen molar-refractivity contribution in [2.75, 3.05) is 7.11 Å². The van der Waals surface area contributed by atoms with Gasteiger partial charge in [0.1, 0.15) is 11.3 Å². The maximum absolute atomic E-state index is 5.35. The number of benzene rings is 1. The Morgan fingerprint density at radius 3 is 3.00 bits per heavy atom. The molecule has 0 spiro atoms. The first kappa shape index (κ1) is 7.68. The quantitative estimate of drug-likeness (QED) is 0.746. The summed E-state index contributed by atoms with van der Waals surface area (Å²) in [5.41, 5.74) is 0.834. The fourth-order valence-corrected chi connectivity index (χ4v) is 1.58. The molecule has 2 aromatic rings. The van der Waals surface area contributed by atoms with Gasteiger partial charge in [-0.05, 0) is 28.1 Å². The molecule has 3 heteroatoms. The van der Waals surface area contributed by atoms with Gasteiger partial charge >= 0.3 is 0 Å². The molecule has 0 aliphatic heterocycles. The summed E-state index contributed by atoms with van der Waals surface area (Å²) >= 11 is 3.27. The summed E-state index contributed by atoms with van der Waals surface area (Å²) in [4.78, 5) is 0. The van der Waals surface area contributed by atoms with Crippen LogP contribution in [0.3, 0.4) is 0 Å². The Morgan fingerprint density at radius 2 is 2.25 bits per heavy atom. The first-order valence-electron chi connectivity index (χ1n) is 3.53. The van der Waals surface area contributed by atoms with E-state index >= 15 is 0 Å². The number of fused-ring (bicyclic) bond motifs is 1. The molecule has 0 aliphatic carbocycles. The van der Waals surface area contributed by atoms with Gasteiger partial charge in [-0.25, -0.2) is 0 Å². The molecule has 0 bridgehead atoms. The Labute approximate surface area is 78.3 Å². The smallest absolute Gasteiger partial charge is 0.170 e. The van der Waals surface area contributed by atoms with Crippen LogP contribution in [0.2, 0.25) is 0 Å². The fourth-order valence-electron chi connectivity index (χ4n) is 1.18. The van der Waals surface area contributed by atoms with Crippen molar-refractivity contribution in [3.63, 3.8) is 0 Å². The second-order valence-corrected chi connectivity index (χ2v) is 3.20. The number of hydrogen-bond acceptors (Lipinski definition) is 2. The van der Waals surface area contributed by atoms with Gasteiger partial charge in [-0.2, -0.15) is 0 Å². The highest BCUT2D eigenvalue weighted by Gasteiger charge is 2.05. The van der Waals surface area contributed by atoms with Gasteiger partial charge in [-0.3, -0.25) is 0 Å². The van der Waals surface area contributed by atoms with Crippen molar-refractivity contribution in [3.8, 4) is 5.75 Å². The third-order valence-corrected chi connectivity index (χ3v) is 2.10. The topological polar surface area (TPSA) is 22.4 Å². The lowest BCUT2D eigenvalue weighted by atomic mass is 10.2. The number of ether oxygens (including phenoxy) is 1. The summed E-state index contributed by atoms with van der Waals surface area (Å²) in [6.07, 6.45) is 0. The van der Waals surface area contributed by atoms with Crippen molar-refractivity contribution < 1.29 is 9.15 Å². The molecule has 0 radical (unpaired) electrons. The van der Waals surface area contributed by atoms with E-state index in [-0.39, 0.29) is 0 Å². The van der Waals surface area contributed by atoms with Crippen LogP contribution in [0.1, 0.15) is 0 Å². The fraction of sp³-hybridized carbons (Fsp3) is 0.111. The monoisotopic (exact) mass is 226 g/mol. The molecule has 0 aliphatic rings. The predicted molar refractivity (Wildman–Crippen MR) is 50.5 cm³/mol. The van der Waals surface area contributed by atoms with Crippen LogP contribution >= 0.6 is 15.9 Å². The van der Waals surface area contributed by atoms with E-state index in [4.69, 9.17) is 9.15 Å². The van der Waals surface area contributed by atoms with Gasteiger partial charge < -0.3 is 9.15 Å². The zero-order chi connectivity index (χ0) is 8.55. The molecule has 1 aromatic carbocycles. The molecule has 1 heterocycles. The summed E-state index contributed by atoms with van der Waals surface area (Å²) in [6, 6.07) is 7.61. The molecule has 0 amide bonds. The third kappa shape index (κ3) is 1.10. The normalized spacial score (nSPS) is 10.5. The number of furan rings is 1. The molecular weight excluding hydrogens is 220 g/mol. The van der Waals surface area contributed by atoms with E-state index in [2.05, 4.69) is 15.9 Å². The highest BCUT2D eigenvalue weighted by Crippen LogP contribution is 2.30. The lowest BCUT2D eigenvalue weighted by Gasteiger charge is -1.98. The van der Waals surface area contributed by atoms with Gasteiger partial charge in [0, 0.05) is 6.07 Å². The van der Waals surface area contributed by atoms with E-state index in [0.29, 0.717) is 0 Å². The maximum Gasteiger partial charge on any atom is 0.170 e. The second kappa shape index (κ2) is 2.83. The molecule has 0 saturated heterocycles. The second-order valence-electron chi connectivity index (χ2n) is 2.42. The van der Waals surface area contributed by atoms with Crippen LogP contribution in [0.25, 0.3) is 11.0 Å². The Balaban J connectivity index is 2.78. The van der Waals surface area contributed by atoms with Crippen LogP contribution in [0.4, 0.5) is 0 Å². The number of rotatable bonds is 1. The van der Waals surface area contributed by atoms with Crippen LogP contribution in [-0.4, -0.2) is 7.11 Å². The lowest BCUT2D eigenvalue weighted by Crippen LogP contribution is -1.81. The molecule has 0 atom stereocenters. The average Bonchev–Trinajstić information content (AvgIpc) is 2.44. The molecule has 62 valence electrons. The Kier molecular flexibility index (Phi) is 1.81. The van der Waals surface area contributed by atoms with Crippen LogP contribution in [-0.2, 0) is 0 Å². The minimum atomic E-state index is 0.724. The van der Waals surface area contributed by atoms with Crippen molar-refractivity contribution in [2.45, 2.75) is 0 Å². The molecule has 12 heavy (non-hydrogen) atoms. The van der Waals surface area contributed by atoms with E-state index in [1.807, 2.05) is 24.3 Å². The summed E-state index contributed by atoms with van der Waals surface area (Å²) in [6.45, 7) is 0. The van der Waals surface area contributed by atoms with Gasteiger partial charge in [-0.1, -0.05) is 6.07 Å². The van der Waals surface area contributed by atoms with Gasteiger partial charge in [0.2, 0.25) is 0 Å². The zero-order valence-corrected chi connectivity index (χ0v) is 8.09. The highest BCUT2D eigenvalue weighted by atomic mass is 79.9. The minimum Gasteiger partial charge on any atom is -0.496 e. The standard InChI is InChI=1S/C9H7BrO2/c1-11-7-3-2-4-8-6(7)5-9(10)12-8/h2-5H,1H3. The largest absolute Gasteiger partial charge is 0.496 e. The van der Waals surface area contributed by atoms with Gasteiger partial charge in [0.05, 0.1) is 12.5 Å². The van der Waals surface area contributed by atoms with Gasteiger partial charge in [-0.15, -0.1) is 0 Å². The molecule has 0 saturated carbocycles. The van der Waals surface area contributed by atoms with Crippen LogP contribution in [0.15, 0.2) is 33.4 Å². The van der Waals surface area contributed by atoms with Crippen LogP contribution in [0, 0.1) is 0 Å². The molecular formula is C9H7BrO2. The van der Waals surface area contributed by atoms with E-state index in [1.165, 1.54) is 0 Å². The Morgan fingerprint density at radius 1 is 1.42 bits per heavy atom. The summed E-state index contributed by atoms with van der Waals surface area (Å²) < 4.78 is 11.2. The number of methoxy groups -OCH3 is 1. The SMILES string of the molecule is COc1cccc2oc(Br)cc12. The summed E-state index contributed by atoms with van der Waals surface area (Å²) in [5.74, 6) is 0.835. The summed E-state index contributed by atoms with van der Waals surface area (Å²) in [5, 5.41) is 0.992. The van der Waals surface area contributed by atoms with Crippen LogP contribution < -0.4 is 4.74 Å². The van der Waals surface area contributed by atoms with E-state index < -0.39 is 0 Å². The maximum atomic E-state index is 5.35. The van der Waals surface area contributed by atoms with Crippen molar-refractivity contribution in [1.82, 2.24) is 0 Å². The Hall–Kier alpha value is -0.960. The zero-order valence-electron chi connectivity index (χ0n) is 6.50. The van der Waals surface area contributed by atoms with Gasteiger partial charge in [0.25, 0.3) is 0 Å². The predicted octanol–water partition coefficient (Wildman–Crippen LogP) is 3.20. The average molecular weight is 227 g/mol. The molecule has 1 aromatic heterocycles. The Bertz CT molecular complexity index is 406. The molecule has 2 nitrogen and oxygen atoms in total. The first-order valence-corrected chi connectivity index (χ1v) is 4.32. The first-order chi connectivity index (χ1) is 5.81. The van der Waals surface area contributed by atoms with E-state index in [9.17, 15) is 0 Å². The van der Waals surface area contributed by atoms with Crippen molar-refractivity contribution in [1.29, 1.82) is 0 Å². The van der Waals surface area contributed by atoms with Crippen molar-refractivity contribution in [3.05, 3.63) is 28.9 Å². The lowest BCUT2D eigenvalue weighted by molar-refractivity contribution is 0.419. The van der Waals surface area contributed by atoms with E-state index in [0.717, 1.165) is 21.4 Å². The minimum absolute atomic E-state index is 0.724. The molecule has 0 fully saturated rings. The molecule has 0 unspecified atom stereocenters. The highest BCUT2D eigenvalue weighted by molar-refractivity contribution is 9.10. The molecule has 0 N–H and O–H groups in total. The molecule has 2 rings (SSSR count). The van der Waals surface area contributed by atoms with Gasteiger partial charge in [0.15, 0.2) is 4.67 Å². The van der Waals surface area contributed by atoms with Crippen molar-refractivity contribution >= 4 is 26.9 Å². The number of hydrogen-bond donors (Lipinski definition) is 0. The van der Waals surface area contributed by atoms with Crippen molar-refractivity contribution in [2.24, 2.45) is 0 Å². The van der Waals surface area contributed by atoms with E-state index in [1.54, 1.807) is 7.11 Å². The third-order valence-electron chi connectivity index (χ3n) is 1.71.